The normalized spacial score (nSPS) is 23.2. The molecule has 6 nitrogen and oxygen atoms in total. The number of benzene rings is 3. The summed E-state index contributed by atoms with van der Waals surface area (Å²) >= 11 is 0. The summed E-state index contributed by atoms with van der Waals surface area (Å²) in [6, 6.07) is 24.8. The van der Waals surface area contributed by atoms with Gasteiger partial charge in [0.25, 0.3) is 0 Å². The monoisotopic (exact) mass is 409 g/mol. The molecule has 3 aliphatic heterocycles. The molecule has 152 valence electrons. The summed E-state index contributed by atoms with van der Waals surface area (Å²) in [6.07, 6.45) is 0.641. The summed E-state index contributed by atoms with van der Waals surface area (Å²) in [6.45, 7) is 1.39. The SMILES string of the molecule is CC(=O)N1C(=O)[C@@]2(Oc3ccccc3[C@@H]3CC(c4ccccc4)=NN32)c2ccccc21. The Morgan fingerprint density at radius 2 is 1.71 bits per heavy atom. The van der Waals surface area contributed by atoms with Crippen LogP contribution in [-0.4, -0.2) is 22.5 Å². The fourth-order valence-corrected chi connectivity index (χ4v) is 4.87. The van der Waals surface area contributed by atoms with Crippen LogP contribution in [0.2, 0.25) is 0 Å². The van der Waals surface area contributed by atoms with E-state index in [0.717, 1.165) is 16.8 Å². The molecule has 0 fully saturated rings. The first-order valence-corrected chi connectivity index (χ1v) is 10.3. The molecule has 3 heterocycles. The van der Waals surface area contributed by atoms with Gasteiger partial charge in [0.1, 0.15) is 5.75 Å². The maximum atomic E-state index is 13.8. The number of hydrazone groups is 1. The van der Waals surface area contributed by atoms with Gasteiger partial charge in [-0.1, -0.05) is 66.7 Å². The summed E-state index contributed by atoms with van der Waals surface area (Å²) < 4.78 is 6.47. The van der Waals surface area contributed by atoms with E-state index in [1.54, 1.807) is 11.1 Å². The molecule has 6 heteroatoms. The molecule has 2 amide bonds. The molecular formula is C25H19N3O3. The summed E-state index contributed by atoms with van der Waals surface area (Å²) in [5, 5.41) is 6.69. The molecule has 0 radical (unpaired) electrons. The molecule has 6 rings (SSSR count). The van der Waals surface area contributed by atoms with Gasteiger partial charge in [-0.2, -0.15) is 5.10 Å². The van der Waals surface area contributed by atoms with E-state index in [0.29, 0.717) is 23.4 Å². The Morgan fingerprint density at radius 3 is 2.52 bits per heavy atom. The highest BCUT2D eigenvalue weighted by molar-refractivity contribution is 6.22. The van der Waals surface area contributed by atoms with Gasteiger partial charge >= 0.3 is 11.6 Å². The number of ether oxygens (including phenoxy) is 1. The first-order chi connectivity index (χ1) is 15.1. The standard InChI is InChI=1S/C25H19N3O3/c1-16(29)27-21-13-7-6-12-19(21)25(24(27)30)28-22(18-11-5-8-14-23(18)31-25)15-20(26-28)17-9-3-2-4-10-17/h2-14,22H,15H2,1H3/t22-,25-/m0/s1. The number of carbonyl (C=O) groups is 2. The van der Waals surface area contributed by atoms with Crippen molar-refractivity contribution in [2.24, 2.45) is 5.10 Å². The molecule has 0 aliphatic carbocycles. The van der Waals surface area contributed by atoms with E-state index in [2.05, 4.69) is 0 Å². The van der Waals surface area contributed by atoms with E-state index in [1.807, 2.05) is 72.8 Å². The van der Waals surface area contributed by atoms with Gasteiger partial charge in [0.05, 0.1) is 23.0 Å². The van der Waals surface area contributed by atoms with E-state index in [4.69, 9.17) is 9.84 Å². The molecule has 3 aromatic rings. The number of hydrogen-bond acceptors (Lipinski definition) is 5. The highest BCUT2D eigenvalue weighted by Crippen LogP contribution is 2.55. The van der Waals surface area contributed by atoms with Crippen LogP contribution < -0.4 is 9.64 Å². The van der Waals surface area contributed by atoms with E-state index < -0.39 is 11.6 Å². The quantitative estimate of drug-likeness (QED) is 0.610. The highest BCUT2D eigenvalue weighted by Gasteiger charge is 2.63. The lowest BCUT2D eigenvalue weighted by Gasteiger charge is -2.44. The molecule has 3 aliphatic rings. The first kappa shape index (κ1) is 17.9. The van der Waals surface area contributed by atoms with Crippen LogP contribution in [0.4, 0.5) is 5.69 Å². The predicted molar refractivity (Wildman–Crippen MR) is 116 cm³/mol. The third-order valence-electron chi connectivity index (χ3n) is 6.19. The van der Waals surface area contributed by atoms with Crippen molar-refractivity contribution >= 4 is 23.2 Å². The molecule has 1 spiro atoms. The maximum Gasteiger partial charge on any atom is 0.307 e. The fraction of sp³-hybridized carbons (Fsp3) is 0.160. The molecule has 0 saturated carbocycles. The number of para-hydroxylation sites is 2. The smallest absolute Gasteiger partial charge is 0.307 e. The van der Waals surface area contributed by atoms with Crippen molar-refractivity contribution in [1.82, 2.24) is 5.01 Å². The van der Waals surface area contributed by atoms with Crippen molar-refractivity contribution in [3.63, 3.8) is 0 Å². The lowest BCUT2D eigenvalue weighted by Crippen LogP contribution is -2.57. The van der Waals surface area contributed by atoms with E-state index in [1.165, 1.54) is 11.8 Å². The number of fused-ring (bicyclic) bond motifs is 6. The minimum atomic E-state index is -1.52. The molecular weight excluding hydrogens is 390 g/mol. The summed E-state index contributed by atoms with van der Waals surface area (Å²) in [7, 11) is 0. The van der Waals surface area contributed by atoms with Crippen LogP contribution in [0.3, 0.4) is 0 Å². The average molecular weight is 409 g/mol. The lowest BCUT2D eigenvalue weighted by atomic mass is 9.92. The molecule has 2 atom stereocenters. The number of nitrogens with zero attached hydrogens (tertiary/aromatic N) is 3. The van der Waals surface area contributed by atoms with Crippen molar-refractivity contribution in [1.29, 1.82) is 0 Å². The highest BCUT2D eigenvalue weighted by atomic mass is 16.5. The van der Waals surface area contributed by atoms with E-state index >= 15 is 0 Å². The van der Waals surface area contributed by atoms with Crippen molar-refractivity contribution < 1.29 is 14.3 Å². The minimum absolute atomic E-state index is 0.177. The fourth-order valence-electron chi connectivity index (χ4n) is 4.87. The number of imide groups is 1. The number of hydrogen-bond donors (Lipinski definition) is 0. The second-order valence-corrected chi connectivity index (χ2v) is 7.94. The molecule has 0 aromatic heterocycles. The van der Waals surface area contributed by atoms with Crippen LogP contribution >= 0.6 is 0 Å². The lowest BCUT2D eigenvalue weighted by molar-refractivity contribution is -0.164. The number of carbonyl (C=O) groups excluding carboxylic acids is 2. The van der Waals surface area contributed by atoms with Gasteiger partial charge < -0.3 is 4.74 Å². The van der Waals surface area contributed by atoms with Crippen LogP contribution in [-0.2, 0) is 15.3 Å². The summed E-state index contributed by atoms with van der Waals surface area (Å²) in [5.74, 6) is -0.139. The third kappa shape index (κ3) is 2.30. The zero-order chi connectivity index (χ0) is 21.2. The first-order valence-electron chi connectivity index (χ1n) is 10.3. The van der Waals surface area contributed by atoms with Gasteiger partial charge in [0.15, 0.2) is 0 Å². The Kier molecular flexibility index (Phi) is 3.63. The van der Waals surface area contributed by atoms with Crippen molar-refractivity contribution in [2.75, 3.05) is 4.90 Å². The Labute approximate surface area is 179 Å². The van der Waals surface area contributed by atoms with Crippen molar-refractivity contribution in [3.8, 4) is 5.75 Å². The van der Waals surface area contributed by atoms with Crippen LogP contribution in [0.15, 0.2) is 84.0 Å². The van der Waals surface area contributed by atoms with Gasteiger partial charge in [-0.05, 0) is 17.7 Å². The number of rotatable bonds is 1. The average Bonchev–Trinajstić information content (AvgIpc) is 3.34. The van der Waals surface area contributed by atoms with Crippen LogP contribution in [0.5, 0.6) is 5.75 Å². The molecule has 0 unspecified atom stereocenters. The van der Waals surface area contributed by atoms with E-state index in [9.17, 15) is 9.59 Å². The van der Waals surface area contributed by atoms with Gasteiger partial charge in [-0.25, -0.2) is 9.91 Å². The molecule has 31 heavy (non-hydrogen) atoms. The Balaban J connectivity index is 1.61. The van der Waals surface area contributed by atoms with Gasteiger partial charge in [-0.15, -0.1) is 0 Å². The Morgan fingerprint density at radius 1 is 1.00 bits per heavy atom. The van der Waals surface area contributed by atoms with Crippen LogP contribution in [0.1, 0.15) is 36.1 Å². The largest absolute Gasteiger partial charge is 0.453 e. The zero-order valence-electron chi connectivity index (χ0n) is 16.9. The number of amides is 2. The van der Waals surface area contributed by atoms with Crippen LogP contribution in [0, 0.1) is 0 Å². The Bertz CT molecular complexity index is 1270. The van der Waals surface area contributed by atoms with Gasteiger partial charge in [-0.3, -0.25) is 9.59 Å². The van der Waals surface area contributed by atoms with Crippen LogP contribution in [0.25, 0.3) is 0 Å². The summed E-state index contributed by atoms with van der Waals surface area (Å²) in [5.41, 5.74) is 2.53. The third-order valence-corrected chi connectivity index (χ3v) is 6.19. The van der Waals surface area contributed by atoms with E-state index in [-0.39, 0.29) is 11.9 Å². The zero-order valence-corrected chi connectivity index (χ0v) is 16.9. The van der Waals surface area contributed by atoms with Crippen molar-refractivity contribution in [3.05, 3.63) is 95.6 Å². The minimum Gasteiger partial charge on any atom is -0.453 e. The molecule has 3 aromatic carbocycles. The Hall–Kier alpha value is -3.93. The summed E-state index contributed by atoms with van der Waals surface area (Å²) in [4.78, 5) is 27.5. The second-order valence-electron chi connectivity index (χ2n) is 7.94. The van der Waals surface area contributed by atoms with Gasteiger partial charge in [0, 0.05) is 18.9 Å². The molecule has 0 saturated heterocycles. The van der Waals surface area contributed by atoms with Gasteiger partial charge in [0.2, 0.25) is 5.91 Å². The maximum absolute atomic E-state index is 13.8. The topological polar surface area (TPSA) is 62.2 Å². The second kappa shape index (κ2) is 6.28. The predicted octanol–water partition coefficient (Wildman–Crippen LogP) is 3.98. The number of anilines is 1. The molecule has 0 bridgehead atoms. The molecule has 0 N–H and O–H groups in total. The van der Waals surface area contributed by atoms with Crippen molar-refractivity contribution in [2.45, 2.75) is 25.1 Å².